The van der Waals surface area contributed by atoms with Gasteiger partial charge in [0.15, 0.2) is 15.0 Å². The standard InChI is InChI=1S/C26H27ClN6O4S2/c27-21-6-4-18(33-11-1-2-12-33)16-20(21)24(34)30-25(35)31-26-29-22-7-5-19(17-23(22)38-26)39(36,37)15-3-10-32-13-8-28-9-14-32/h1-2,4-7,11-12,16-17,28H,3,8-10,13-15H2,(H2,29,30,31,34,35). The number of aromatic nitrogens is 2. The van der Waals surface area contributed by atoms with Gasteiger partial charge in [0.05, 0.1) is 31.5 Å². The number of thiazole rings is 1. The molecule has 5 rings (SSSR count). The molecular formula is C26H27ClN6O4S2. The third kappa shape index (κ3) is 6.65. The van der Waals surface area contributed by atoms with Crippen molar-refractivity contribution in [2.75, 3.05) is 43.8 Å². The molecule has 0 atom stereocenters. The highest BCUT2D eigenvalue weighted by Gasteiger charge is 2.19. The van der Waals surface area contributed by atoms with E-state index in [4.69, 9.17) is 11.6 Å². The Hall–Kier alpha value is -3.29. The highest BCUT2D eigenvalue weighted by atomic mass is 35.5. The third-order valence-corrected chi connectivity index (χ3v) is 9.42. The second-order valence-corrected chi connectivity index (χ2v) is 12.6. The monoisotopic (exact) mass is 586 g/mol. The lowest BCUT2D eigenvalue weighted by Gasteiger charge is -2.26. The predicted molar refractivity (Wildman–Crippen MR) is 153 cm³/mol. The van der Waals surface area contributed by atoms with E-state index in [9.17, 15) is 18.0 Å². The summed E-state index contributed by atoms with van der Waals surface area (Å²) in [5, 5.41) is 8.54. The van der Waals surface area contributed by atoms with E-state index in [1.54, 1.807) is 30.3 Å². The SMILES string of the molecule is O=C(NC(=O)c1cc(-n2cccc2)ccc1Cl)Nc1nc2ccc(S(=O)(=O)CCCN3CCNCC3)cc2s1. The van der Waals surface area contributed by atoms with Gasteiger partial charge in [0.2, 0.25) is 0 Å². The summed E-state index contributed by atoms with van der Waals surface area (Å²) >= 11 is 7.33. The van der Waals surface area contributed by atoms with Crippen molar-refractivity contribution >= 4 is 60.1 Å². The van der Waals surface area contributed by atoms with E-state index in [1.807, 2.05) is 29.1 Å². The number of halogens is 1. The number of nitrogens with one attached hydrogen (secondary N) is 3. The van der Waals surface area contributed by atoms with Gasteiger partial charge in [0.1, 0.15) is 0 Å². The molecule has 4 aromatic rings. The molecule has 0 saturated carbocycles. The zero-order valence-electron chi connectivity index (χ0n) is 20.9. The van der Waals surface area contributed by atoms with Crippen LogP contribution in [0.25, 0.3) is 15.9 Å². The van der Waals surface area contributed by atoms with E-state index in [0.717, 1.165) is 49.7 Å². The van der Waals surface area contributed by atoms with Gasteiger partial charge in [-0.15, -0.1) is 0 Å². The highest BCUT2D eigenvalue weighted by Crippen LogP contribution is 2.29. The van der Waals surface area contributed by atoms with Gasteiger partial charge < -0.3 is 14.8 Å². The maximum Gasteiger partial charge on any atom is 0.327 e. The Kier molecular flexibility index (Phi) is 8.29. The van der Waals surface area contributed by atoms with Crippen molar-refractivity contribution in [3.8, 4) is 5.69 Å². The van der Waals surface area contributed by atoms with Crippen molar-refractivity contribution in [2.24, 2.45) is 0 Å². The van der Waals surface area contributed by atoms with Crippen molar-refractivity contribution in [2.45, 2.75) is 11.3 Å². The topological polar surface area (TPSA) is 125 Å². The number of fused-ring (bicyclic) bond motifs is 1. The molecule has 3 heterocycles. The van der Waals surface area contributed by atoms with E-state index >= 15 is 0 Å². The number of carbonyl (C=O) groups is 2. The molecule has 1 aliphatic rings. The number of hydrogen-bond donors (Lipinski definition) is 3. The molecule has 39 heavy (non-hydrogen) atoms. The first kappa shape index (κ1) is 27.3. The number of sulfone groups is 1. The maximum absolute atomic E-state index is 12.9. The van der Waals surface area contributed by atoms with Crippen LogP contribution in [0.4, 0.5) is 9.93 Å². The molecule has 1 aliphatic heterocycles. The van der Waals surface area contributed by atoms with Crippen molar-refractivity contribution in [1.82, 2.24) is 25.1 Å². The first-order chi connectivity index (χ1) is 18.8. The minimum atomic E-state index is -3.46. The Morgan fingerprint density at radius 3 is 2.62 bits per heavy atom. The predicted octanol–water partition coefficient (Wildman–Crippen LogP) is 3.77. The average molecular weight is 587 g/mol. The second kappa shape index (κ2) is 11.8. The molecule has 3 amide bonds. The van der Waals surface area contributed by atoms with E-state index in [-0.39, 0.29) is 26.4 Å². The lowest BCUT2D eigenvalue weighted by Crippen LogP contribution is -2.44. The summed E-state index contributed by atoms with van der Waals surface area (Å²) in [7, 11) is -3.46. The molecule has 0 spiro atoms. The molecular weight excluding hydrogens is 560 g/mol. The zero-order valence-corrected chi connectivity index (χ0v) is 23.3. The fraction of sp³-hybridized carbons (Fsp3) is 0.269. The number of amides is 3. The minimum Gasteiger partial charge on any atom is -0.324 e. The van der Waals surface area contributed by atoms with Crippen LogP contribution in [-0.4, -0.2) is 73.3 Å². The van der Waals surface area contributed by atoms with Gasteiger partial charge in [-0.2, -0.15) is 0 Å². The first-order valence-corrected chi connectivity index (χ1v) is 15.2. The maximum atomic E-state index is 12.9. The second-order valence-electron chi connectivity index (χ2n) is 9.08. The van der Waals surface area contributed by atoms with Crippen LogP contribution in [0.15, 0.2) is 65.8 Å². The molecule has 204 valence electrons. The summed E-state index contributed by atoms with van der Waals surface area (Å²) in [6.07, 6.45) is 4.21. The summed E-state index contributed by atoms with van der Waals surface area (Å²) < 4.78 is 28.2. The zero-order chi connectivity index (χ0) is 27.4. The molecule has 1 saturated heterocycles. The Labute approximate surface area is 234 Å². The van der Waals surface area contributed by atoms with Crippen LogP contribution in [0.5, 0.6) is 0 Å². The van der Waals surface area contributed by atoms with E-state index in [2.05, 4.69) is 25.8 Å². The van der Waals surface area contributed by atoms with Crippen LogP contribution in [0.1, 0.15) is 16.8 Å². The van der Waals surface area contributed by atoms with Crippen molar-refractivity contribution in [3.63, 3.8) is 0 Å². The van der Waals surface area contributed by atoms with Gasteiger partial charge in [0.25, 0.3) is 5.91 Å². The summed E-state index contributed by atoms with van der Waals surface area (Å²) in [4.78, 5) is 32.1. The molecule has 0 aliphatic carbocycles. The Morgan fingerprint density at radius 1 is 1.08 bits per heavy atom. The lowest BCUT2D eigenvalue weighted by atomic mass is 10.2. The van der Waals surface area contributed by atoms with Crippen molar-refractivity contribution < 1.29 is 18.0 Å². The van der Waals surface area contributed by atoms with Gasteiger partial charge in [0, 0.05) is 44.3 Å². The molecule has 13 heteroatoms. The summed E-state index contributed by atoms with van der Waals surface area (Å²) in [6.45, 7) is 4.44. The van der Waals surface area contributed by atoms with Crippen LogP contribution < -0.4 is 16.0 Å². The smallest absolute Gasteiger partial charge is 0.324 e. The van der Waals surface area contributed by atoms with E-state index in [1.165, 1.54) is 6.07 Å². The minimum absolute atomic E-state index is 0.0605. The molecule has 2 aromatic heterocycles. The molecule has 0 radical (unpaired) electrons. The number of rotatable bonds is 8. The normalized spacial score (nSPS) is 14.4. The molecule has 3 N–H and O–H groups in total. The van der Waals surface area contributed by atoms with Crippen molar-refractivity contribution in [3.05, 3.63) is 71.5 Å². The van der Waals surface area contributed by atoms with E-state index < -0.39 is 21.8 Å². The number of hydrogen-bond acceptors (Lipinski definition) is 8. The van der Waals surface area contributed by atoms with Gasteiger partial charge in [-0.3, -0.25) is 15.4 Å². The lowest BCUT2D eigenvalue weighted by molar-refractivity contribution is 0.0967. The summed E-state index contributed by atoms with van der Waals surface area (Å²) in [6, 6.07) is 12.6. The average Bonchev–Trinajstić information content (AvgIpc) is 3.59. The summed E-state index contributed by atoms with van der Waals surface area (Å²) in [5.41, 5.74) is 1.41. The van der Waals surface area contributed by atoms with Gasteiger partial charge in [-0.1, -0.05) is 22.9 Å². The number of benzene rings is 2. The van der Waals surface area contributed by atoms with E-state index in [0.29, 0.717) is 16.6 Å². The number of urea groups is 1. The number of carbonyl (C=O) groups excluding carboxylic acids is 2. The first-order valence-electron chi connectivity index (χ1n) is 12.4. The Balaban J connectivity index is 1.21. The van der Waals surface area contributed by atoms with Gasteiger partial charge in [-0.05, 0) is 61.5 Å². The number of nitrogens with zero attached hydrogens (tertiary/aromatic N) is 3. The van der Waals surface area contributed by atoms with Crippen LogP contribution >= 0.6 is 22.9 Å². The molecule has 10 nitrogen and oxygen atoms in total. The fourth-order valence-corrected chi connectivity index (χ4v) is 6.83. The van der Waals surface area contributed by atoms with Gasteiger partial charge >= 0.3 is 6.03 Å². The Bertz CT molecular complexity index is 1600. The number of anilines is 1. The van der Waals surface area contributed by atoms with Crippen molar-refractivity contribution in [1.29, 1.82) is 0 Å². The van der Waals surface area contributed by atoms with Crippen LogP contribution in [0.2, 0.25) is 5.02 Å². The molecule has 0 unspecified atom stereocenters. The molecule has 0 bridgehead atoms. The Morgan fingerprint density at radius 2 is 1.85 bits per heavy atom. The number of piperazine rings is 1. The summed E-state index contributed by atoms with van der Waals surface area (Å²) in [5.74, 6) is -0.605. The fourth-order valence-electron chi connectivity index (χ4n) is 4.34. The third-order valence-electron chi connectivity index (χ3n) is 6.36. The van der Waals surface area contributed by atoms with Crippen LogP contribution in [0.3, 0.4) is 0 Å². The van der Waals surface area contributed by atoms with Gasteiger partial charge in [-0.25, -0.2) is 18.2 Å². The highest BCUT2D eigenvalue weighted by molar-refractivity contribution is 7.91. The van der Waals surface area contributed by atoms with Crippen LogP contribution in [0, 0.1) is 0 Å². The quantitative estimate of drug-likeness (QED) is 0.287. The largest absolute Gasteiger partial charge is 0.327 e. The molecule has 2 aromatic carbocycles. The number of imide groups is 1. The van der Waals surface area contributed by atoms with Crippen LogP contribution in [-0.2, 0) is 9.84 Å². The molecule has 1 fully saturated rings.